The summed E-state index contributed by atoms with van der Waals surface area (Å²) >= 11 is 10.3. The molecule has 2 unspecified atom stereocenters. The highest BCUT2D eigenvalue weighted by Gasteiger charge is 2.20. The van der Waals surface area contributed by atoms with E-state index < -0.39 is 0 Å². The number of halogens is 2. The van der Waals surface area contributed by atoms with Crippen LogP contribution >= 0.6 is 27.5 Å². The van der Waals surface area contributed by atoms with Gasteiger partial charge in [-0.3, -0.25) is 0 Å². The Morgan fingerprint density at radius 1 is 1.05 bits per heavy atom. The molecule has 0 heterocycles. The van der Waals surface area contributed by atoms with E-state index in [1.807, 2.05) is 6.07 Å². The first-order valence-electron chi connectivity index (χ1n) is 7.50. The zero-order valence-electron chi connectivity index (χ0n) is 12.2. The highest BCUT2D eigenvalue weighted by atomic mass is 79.9. The second-order valence-corrected chi connectivity index (χ2v) is 6.79. The van der Waals surface area contributed by atoms with Gasteiger partial charge in [0.2, 0.25) is 0 Å². The van der Waals surface area contributed by atoms with Crippen molar-refractivity contribution >= 4 is 38.3 Å². The van der Waals surface area contributed by atoms with Crippen LogP contribution in [-0.2, 0) is 0 Å². The molecule has 0 N–H and O–H groups in total. The molecule has 0 spiro atoms. The molecule has 2 aromatic carbocycles. The maximum atomic E-state index is 6.32. The van der Waals surface area contributed by atoms with Crippen LogP contribution in [0.5, 0.6) is 0 Å². The molecule has 0 amide bonds. The van der Waals surface area contributed by atoms with Crippen LogP contribution in [0.1, 0.15) is 49.9 Å². The molecule has 108 valence electrons. The fourth-order valence-corrected chi connectivity index (χ4v) is 4.07. The highest BCUT2D eigenvalue weighted by Crippen LogP contribution is 2.40. The van der Waals surface area contributed by atoms with Crippen LogP contribution in [0.25, 0.3) is 10.8 Å². The molecule has 0 saturated heterocycles. The first-order chi connectivity index (χ1) is 9.69. The maximum absolute atomic E-state index is 6.32. The third-order valence-electron chi connectivity index (χ3n) is 4.07. The van der Waals surface area contributed by atoms with Gasteiger partial charge in [0.05, 0.1) is 0 Å². The smallest absolute Gasteiger partial charge is 0.0484 e. The molecule has 0 radical (unpaired) electrons. The number of benzene rings is 2. The summed E-state index contributed by atoms with van der Waals surface area (Å²) in [5, 5.41) is 3.27. The van der Waals surface area contributed by atoms with Gasteiger partial charge in [0.25, 0.3) is 0 Å². The minimum atomic E-state index is 0.404. The Kier molecular flexibility index (Phi) is 5.92. The van der Waals surface area contributed by atoms with E-state index in [0.717, 1.165) is 10.4 Å². The average Bonchev–Trinajstić information content (AvgIpc) is 2.48. The molecule has 20 heavy (non-hydrogen) atoms. The number of alkyl halides is 1. The van der Waals surface area contributed by atoms with Crippen LogP contribution in [0.4, 0.5) is 0 Å². The van der Waals surface area contributed by atoms with Crippen molar-refractivity contribution in [3.05, 3.63) is 47.0 Å². The van der Waals surface area contributed by atoms with Crippen molar-refractivity contribution in [2.45, 2.75) is 44.4 Å². The van der Waals surface area contributed by atoms with Gasteiger partial charge in [0.1, 0.15) is 0 Å². The molecular formula is C18H22BrCl. The largest absolute Gasteiger partial charge is 0.0837 e. The first kappa shape index (κ1) is 15.9. The number of rotatable bonds is 6. The van der Waals surface area contributed by atoms with Gasteiger partial charge in [-0.2, -0.15) is 0 Å². The van der Waals surface area contributed by atoms with Gasteiger partial charge in [0.15, 0.2) is 0 Å². The van der Waals surface area contributed by atoms with E-state index in [4.69, 9.17) is 11.6 Å². The molecule has 0 nitrogen and oxygen atoms in total. The third-order valence-corrected chi connectivity index (χ3v) is 5.64. The summed E-state index contributed by atoms with van der Waals surface area (Å²) in [5.74, 6) is 0.680. The van der Waals surface area contributed by atoms with E-state index >= 15 is 0 Å². The molecule has 2 rings (SSSR count). The van der Waals surface area contributed by atoms with E-state index in [2.05, 4.69) is 60.1 Å². The van der Waals surface area contributed by atoms with Gasteiger partial charge in [0, 0.05) is 15.2 Å². The summed E-state index contributed by atoms with van der Waals surface area (Å²) in [6.07, 6.45) is 5.04. The molecule has 0 aliphatic heterocycles. The van der Waals surface area contributed by atoms with E-state index in [1.165, 1.54) is 36.6 Å². The van der Waals surface area contributed by atoms with E-state index in [1.54, 1.807) is 0 Å². The summed E-state index contributed by atoms with van der Waals surface area (Å²) in [5.41, 5.74) is 1.37. The monoisotopic (exact) mass is 352 g/mol. The van der Waals surface area contributed by atoms with E-state index in [-0.39, 0.29) is 0 Å². The fourth-order valence-electron chi connectivity index (χ4n) is 2.80. The topological polar surface area (TPSA) is 0 Å². The molecule has 2 aromatic rings. The lowest BCUT2D eigenvalue weighted by Crippen LogP contribution is -2.07. The Balaban J connectivity index is 2.38. The van der Waals surface area contributed by atoms with Crippen molar-refractivity contribution in [3.8, 4) is 0 Å². The highest BCUT2D eigenvalue weighted by molar-refractivity contribution is 9.09. The van der Waals surface area contributed by atoms with Crippen molar-refractivity contribution in [2.75, 3.05) is 0 Å². The van der Waals surface area contributed by atoms with Gasteiger partial charge < -0.3 is 0 Å². The molecule has 0 aromatic heterocycles. The summed E-state index contributed by atoms with van der Waals surface area (Å²) in [4.78, 5) is 0.404. The predicted octanol–water partition coefficient (Wildman–Crippen LogP) is 7.15. The van der Waals surface area contributed by atoms with Gasteiger partial charge in [-0.25, -0.2) is 0 Å². The second kappa shape index (κ2) is 7.47. The van der Waals surface area contributed by atoms with Crippen LogP contribution in [0, 0.1) is 5.92 Å². The number of unbranched alkanes of at least 4 members (excludes halogenated alkanes) is 1. The lowest BCUT2D eigenvalue weighted by atomic mass is 9.89. The fraction of sp³-hybridized carbons (Fsp3) is 0.444. The molecule has 2 heteroatoms. The van der Waals surface area contributed by atoms with Crippen LogP contribution in [0.2, 0.25) is 5.02 Å². The molecule has 2 atom stereocenters. The molecule has 0 fully saturated rings. The van der Waals surface area contributed by atoms with Crippen molar-refractivity contribution in [1.29, 1.82) is 0 Å². The SMILES string of the molecule is CCCCC(CC)C(Br)c1ccc(Cl)c2ccccc12. The Hall–Kier alpha value is -0.530. The molecule has 0 bridgehead atoms. The van der Waals surface area contributed by atoms with E-state index in [0.29, 0.717) is 10.7 Å². The Morgan fingerprint density at radius 3 is 2.40 bits per heavy atom. The minimum Gasteiger partial charge on any atom is -0.0837 e. The number of fused-ring (bicyclic) bond motifs is 1. The van der Waals surface area contributed by atoms with Gasteiger partial charge in [-0.05, 0) is 29.4 Å². The summed E-state index contributed by atoms with van der Waals surface area (Å²) < 4.78 is 0. The van der Waals surface area contributed by atoms with Crippen molar-refractivity contribution in [2.24, 2.45) is 5.92 Å². The van der Waals surface area contributed by atoms with Gasteiger partial charge >= 0.3 is 0 Å². The van der Waals surface area contributed by atoms with Crippen molar-refractivity contribution in [3.63, 3.8) is 0 Å². The number of hydrogen-bond donors (Lipinski definition) is 0. The Bertz CT molecular complexity index is 564. The van der Waals surface area contributed by atoms with Crippen molar-refractivity contribution < 1.29 is 0 Å². The first-order valence-corrected chi connectivity index (χ1v) is 8.79. The molecule has 0 aliphatic carbocycles. The number of hydrogen-bond acceptors (Lipinski definition) is 0. The molecule has 0 aliphatic rings. The summed E-state index contributed by atoms with van der Waals surface area (Å²) in [6.45, 7) is 4.54. The van der Waals surface area contributed by atoms with Crippen LogP contribution in [0.15, 0.2) is 36.4 Å². The predicted molar refractivity (Wildman–Crippen MR) is 93.9 cm³/mol. The lowest BCUT2D eigenvalue weighted by molar-refractivity contribution is 0.447. The van der Waals surface area contributed by atoms with Gasteiger partial charge in [-0.1, -0.05) is 91.0 Å². The van der Waals surface area contributed by atoms with E-state index in [9.17, 15) is 0 Å². The van der Waals surface area contributed by atoms with Crippen LogP contribution in [-0.4, -0.2) is 0 Å². The van der Waals surface area contributed by atoms with Crippen LogP contribution < -0.4 is 0 Å². The third kappa shape index (κ3) is 3.38. The summed E-state index contributed by atoms with van der Waals surface area (Å²) in [7, 11) is 0. The standard InChI is InChI=1S/C18H22BrCl/c1-3-5-8-13(4-2)18(19)16-11-12-17(20)15-10-7-6-9-14(15)16/h6-7,9-13,18H,3-5,8H2,1-2H3. The zero-order valence-corrected chi connectivity index (χ0v) is 14.5. The quantitative estimate of drug-likeness (QED) is 0.484. The van der Waals surface area contributed by atoms with Gasteiger partial charge in [-0.15, -0.1) is 0 Å². The maximum Gasteiger partial charge on any atom is 0.0484 e. The Morgan fingerprint density at radius 2 is 1.75 bits per heavy atom. The lowest BCUT2D eigenvalue weighted by Gasteiger charge is -2.23. The van der Waals surface area contributed by atoms with Crippen molar-refractivity contribution in [1.82, 2.24) is 0 Å². The second-order valence-electron chi connectivity index (χ2n) is 5.39. The zero-order chi connectivity index (χ0) is 14.5. The summed E-state index contributed by atoms with van der Waals surface area (Å²) in [6, 6.07) is 12.6. The normalized spacial score (nSPS) is 14.4. The minimum absolute atomic E-state index is 0.404. The van der Waals surface area contributed by atoms with Crippen LogP contribution in [0.3, 0.4) is 0 Å². The molecule has 0 saturated carbocycles. The average molecular weight is 354 g/mol. The Labute approximate surface area is 135 Å². The molecular weight excluding hydrogens is 332 g/mol.